The van der Waals surface area contributed by atoms with E-state index in [1.807, 2.05) is 30.0 Å². The highest BCUT2D eigenvalue weighted by Gasteiger charge is 2.33. The first-order valence-electron chi connectivity index (χ1n) is 7.12. The molecule has 0 radical (unpaired) electrons. The summed E-state index contributed by atoms with van der Waals surface area (Å²) in [6.45, 7) is 3.71. The first kappa shape index (κ1) is 16.7. The molecule has 116 valence electrons. The van der Waals surface area contributed by atoms with Gasteiger partial charge in [0, 0.05) is 23.1 Å². The van der Waals surface area contributed by atoms with Crippen LogP contribution in [-0.4, -0.2) is 41.1 Å². The molecule has 2 N–H and O–H groups in total. The van der Waals surface area contributed by atoms with Crippen molar-refractivity contribution in [3.63, 3.8) is 0 Å². The Labute approximate surface area is 138 Å². The molecule has 0 spiro atoms. The predicted octanol–water partition coefficient (Wildman–Crippen LogP) is 3.13. The molecule has 1 aromatic carbocycles. The molecule has 1 aliphatic rings. The average Bonchev–Trinajstić information content (AvgIpc) is 2.39. The minimum atomic E-state index is -0.752. The number of halogens is 2. The third-order valence-electron chi connectivity index (χ3n) is 3.95. The lowest BCUT2D eigenvalue weighted by atomic mass is 9.85. The smallest absolute Gasteiger partial charge is 0.317 e. The topological polar surface area (TPSA) is 52.6 Å². The van der Waals surface area contributed by atoms with Gasteiger partial charge in [0.25, 0.3) is 0 Å². The second-order valence-electron chi connectivity index (χ2n) is 5.41. The summed E-state index contributed by atoms with van der Waals surface area (Å²) < 4.78 is 0.906. The van der Waals surface area contributed by atoms with Gasteiger partial charge in [-0.1, -0.05) is 24.6 Å². The Hall–Kier alpha value is -0.620. The molecule has 0 bridgehead atoms. The van der Waals surface area contributed by atoms with E-state index in [-0.39, 0.29) is 6.54 Å². The van der Waals surface area contributed by atoms with Crippen molar-refractivity contribution in [2.75, 3.05) is 13.1 Å². The summed E-state index contributed by atoms with van der Waals surface area (Å²) >= 11 is 9.45. The molecule has 0 amide bonds. The zero-order valence-corrected chi connectivity index (χ0v) is 14.3. The van der Waals surface area contributed by atoms with Crippen LogP contribution in [0.1, 0.15) is 25.3 Å². The number of benzene rings is 1. The Morgan fingerprint density at radius 3 is 2.81 bits per heavy atom. The number of carbonyl (C=O) groups is 1. The van der Waals surface area contributed by atoms with Crippen LogP contribution in [0.15, 0.2) is 22.7 Å². The number of carboxylic acids is 1. The summed E-state index contributed by atoms with van der Waals surface area (Å²) in [5.74, 6) is -0.752. The van der Waals surface area contributed by atoms with E-state index in [4.69, 9.17) is 16.7 Å². The van der Waals surface area contributed by atoms with E-state index in [9.17, 15) is 4.79 Å². The monoisotopic (exact) mass is 374 g/mol. The van der Waals surface area contributed by atoms with Gasteiger partial charge in [0.05, 0.1) is 11.6 Å². The zero-order valence-electron chi connectivity index (χ0n) is 12.0. The van der Waals surface area contributed by atoms with Gasteiger partial charge >= 0.3 is 5.97 Å². The zero-order chi connectivity index (χ0) is 15.4. The van der Waals surface area contributed by atoms with Crippen LogP contribution in [0.4, 0.5) is 0 Å². The van der Waals surface area contributed by atoms with Gasteiger partial charge in [-0.3, -0.25) is 9.69 Å². The molecular formula is C15H20BrClN2O2. The summed E-state index contributed by atoms with van der Waals surface area (Å²) in [4.78, 5) is 12.8. The fourth-order valence-electron chi connectivity index (χ4n) is 2.64. The maximum absolute atomic E-state index is 10.8. The third-order valence-corrected chi connectivity index (χ3v) is 5.19. The Morgan fingerprint density at radius 2 is 2.24 bits per heavy atom. The van der Waals surface area contributed by atoms with Crippen LogP contribution in [0.5, 0.6) is 0 Å². The Bertz CT molecular complexity index is 506. The molecule has 21 heavy (non-hydrogen) atoms. The number of carboxylic acid groups (broad SMARTS) is 1. The molecule has 1 aromatic rings. The van der Waals surface area contributed by atoms with E-state index in [0.717, 1.165) is 41.0 Å². The minimum absolute atomic E-state index is 0.135. The summed E-state index contributed by atoms with van der Waals surface area (Å²) in [5, 5.41) is 13.1. The van der Waals surface area contributed by atoms with E-state index in [0.29, 0.717) is 12.1 Å². The number of nitrogens with one attached hydrogen (secondary N) is 1. The lowest BCUT2D eigenvalue weighted by Gasteiger charge is -2.42. The quantitative estimate of drug-likeness (QED) is 0.769. The van der Waals surface area contributed by atoms with Crippen LogP contribution in [0.3, 0.4) is 0 Å². The second-order valence-corrected chi connectivity index (χ2v) is 6.67. The molecule has 0 aromatic heterocycles. The van der Waals surface area contributed by atoms with Crippen molar-refractivity contribution in [2.24, 2.45) is 0 Å². The number of nitrogens with zero attached hydrogens (tertiary/aromatic N) is 1. The summed E-state index contributed by atoms with van der Waals surface area (Å²) in [6.07, 6.45) is 2.01. The van der Waals surface area contributed by atoms with Crippen molar-refractivity contribution in [3.05, 3.63) is 33.3 Å². The molecule has 4 nitrogen and oxygen atoms in total. The van der Waals surface area contributed by atoms with Crippen molar-refractivity contribution >= 4 is 33.5 Å². The Morgan fingerprint density at radius 1 is 1.52 bits per heavy atom. The summed E-state index contributed by atoms with van der Waals surface area (Å²) in [7, 11) is 0. The molecule has 6 heteroatoms. The molecule has 1 saturated carbocycles. The largest absolute Gasteiger partial charge is 0.480 e. The molecule has 0 atom stereocenters. The van der Waals surface area contributed by atoms with Crippen molar-refractivity contribution in [1.82, 2.24) is 10.2 Å². The molecule has 0 aliphatic heterocycles. The first-order valence-corrected chi connectivity index (χ1v) is 8.29. The van der Waals surface area contributed by atoms with Gasteiger partial charge in [-0.05, 0) is 53.0 Å². The fourth-order valence-corrected chi connectivity index (χ4v) is 3.09. The highest BCUT2D eigenvalue weighted by Crippen LogP contribution is 2.27. The van der Waals surface area contributed by atoms with E-state index in [2.05, 4.69) is 21.2 Å². The van der Waals surface area contributed by atoms with Gasteiger partial charge in [-0.25, -0.2) is 0 Å². The molecule has 0 heterocycles. The van der Waals surface area contributed by atoms with Gasteiger partial charge in [0.2, 0.25) is 0 Å². The highest BCUT2D eigenvalue weighted by atomic mass is 79.9. The number of hydrogen-bond donors (Lipinski definition) is 2. The van der Waals surface area contributed by atoms with Crippen LogP contribution in [0.2, 0.25) is 5.02 Å². The van der Waals surface area contributed by atoms with Crippen molar-refractivity contribution < 1.29 is 9.90 Å². The SMILES string of the molecule is CCN(CC(=O)O)C1CC(NCc2ccc(Br)c(Cl)c2)C1. The number of hydrogen-bond acceptors (Lipinski definition) is 3. The number of aliphatic carboxylic acids is 1. The Kier molecular flexibility index (Phi) is 6.05. The van der Waals surface area contributed by atoms with Gasteiger partial charge in [-0.2, -0.15) is 0 Å². The lowest BCUT2D eigenvalue weighted by molar-refractivity contribution is -0.139. The van der Waals surface area contributed by atoms with Crippen molar-refractivity contribution in [2.45, 2.75) is 38.4 Å². The van der Waals surface area contributed by atoms with E-state index >= 15 is 0 Å². The van der Waals surface area contributed by atoms with E-state index in [1.54, 1.807) is 0 Å². The Balaban J connectivity index is 1.75. The van der Waals surface area contributed by atoms with E-state index < -0.39 is 5.97 Å². The molecule has 0 unspecified atom stereocenters. The molecule has 2 rings (SSSR count). The van der Waals surface area contributed by atoms with Gasteiger partial charge in [0.1, 0.15) is 0 Å². The summed E-state index contributed by atoms with van der Waals surface area (Å²) in [6, 6.07) is 6.80. The molecular weight excluding hydrogens is 356 g/mol. The van der Waals surface area contributed by atoms with Crippen LogP contribution in [0.25, 0.3) is 0 Å². The lowest BCUT2D eigenvalue weighted by Crippen LogP contribution is -2.53. The van der Waals surface area contributed by atoms with E-state index in [1.165, 1.54) is 0 Å². The van der Waals surface area contributed by atoms with Gasteiger partial charge in [-0.15, -0.1) is 0 Å². The normalized spacial score (nSPS) is 21.3. The number of rotatable bonds is 7. The van der Waals surface area contributed by atoms with Crippen LogP contribution >= 0.6 is 27.5 Å². The average molecular weight is 376 g/mol. The van der Waals surface area contributed by atoms with Gasteiger partial charge in [0.15, 0.2) is 0 Å². The van der Waals surface area contributed by atoms with Crippen LogP contribution < -0.4 is 5.32 Å². The highest BCUT2D eigenvalue weighted by molar-refractivity contribution is 9.10. The molecule has 0 saturated heterocycles. The standard InChI is InChI=1S/C15H20BrClN2O2/c1-2-19(9-15(20)21)12-6-11(7-12)18-8-10-3-4-13(16)14(17)5-10/h3-5,11-12,18H,2,6-9H2,1H3,(H,20,21). The van der Waals surface area contributed by atoms with Crippen molar-refractivity contribution in [3.8, 4) is 0 Å². The minimum Gasteiger partial charge on any atom is -0.480 e. The maximum Gasteiger partial charge on any atom is 0.317 e. The van der Waals surface area contributed by atoms with Crippen molar-refractivity contribution in [1.29, 1.82) is 0 Å². The third kappa shape index (κ3) is 4.68. The maximum atomic E-state index is 10.8. The van der Waals surface area contributed by atoms with Crippen LogP contribution in [0, 0.1) is 0 Å². The van der Waals surface area contributed by atoms with Gasteiger partial charge < -0.3 is 10.4 Å². The fraction of sp³-hybridized carbons (Fsp3) is 0.533. The molecule has 1 fully saturated rings. The first-order chi connectivity index (χ1) is 9.99. The second kappa shape index (κ2) is 7.58. The predicted molar refractivity (Wildman–Crippen MR) is 87.7 cm³/mol. The molecule has 1 aliphatic carbocycles. The van der Waals surface area contributed by atoms with Crippen LogP contribution in [-0.2, 0) is 11.3 Å². The summed E-state index contributed by atoms with van der Waals surface area (Å²) in [5.41, 5.74) is 1.16. The number of likely N-dealkylation sites (N-methyl/N-ethyl adjacent to an activating group) is 1.